The first kappa shape index (κ1) is 17.3. The predicted octanol–water partition coefficient (Wildman–Crippen LogP) is 4.24. The van der Waals surface area contributed by atoms with Gasteiger partial charge in [-0.2, -0.15) is 0 Å². The quantitative estimate of drug-likeness (QED) is 0.397. The number of ether oxygens (including phenoxy) is 2. The van der Waals surface area contributed by atoms with E-state index in [9.17, 15) is 14.9 Å². The first-order chi connectivity index (χ1) is 13.0. The predicted molar refractivity (Wildman–Crippen MR) is 102 cm³/mol. The molecule has 0 saturated heterocycles. The molecular weight excluding hydrogens is 394 g/mol. The normalized spacial score (nSPS) is 12.6. The Bertz CT molecular complexity index is 1110. The molecule has 0 atom stereocenters. The SMILES string of the molecule is O=C(/C=C/c1cc2c(cc1[N+](=O)[O-])OCO2)Nc1nc2ccc(Cl)cc2s1. The van der Waals surface area contributed by atoms with Crippen LogP contribution in [0.3, 0.4) is 0 Å². The molecule has 1 aromatic heterocycles. The molecule has 27 heavy (non-hydrogen) atoms. The number of aromatic nitrogens is 1. The van der Waals surface area contributed by atoms with Crippen LogP contribution in [-0.2, 0) is 4.79 Å². The first-order valence-corrected chi connectivity index (χ1v) is 8.82. The van der Waals surface area contributed by atoms with E-state index in [-0.39, 0.29) is 18.0 Å². The highest BCUT2D eigenvalue weighted by molar-refractivity contribution is 7.22. The molecule has 2 aromatic carbocycles. The van der Waals surface area contributed by atoms with Gasteiger partial charge in [0.15, 0.2) is 16.6 Å². The number of thiazole rings is 1. The van der Waals surface area contributed by atoms with Crippen molar-refractivity contribution >= 4 is 56.0 Å². The van der Waals surface area contributed by atoms with Crippen LogP contribution in [-0.4, -0.2) is 22.6 Å². The van der Waals surface area contributed by atoms with Crippen LogP contribution < -0.4 is 14.8 Å². The summed E-state index contributed by atoms with van der Waals surface area (Å²) in [6, 6.07) is 7.97. The van der Waals surface area contributed by atoms with Gasteiger partial charge in [0.2, 0.25) is 12.7 Å². The van der Waals surface area contributed by atoms with Gasteiger partial charge in [-0.15, -0.1) is 0 Å². The van der Waals surface area contributed by atoms with E-state index in [1.807, 2.05) is 0 Å². The fraction of sp³-hybridized carbons (Fsp3) is 0.0588. The molecule has 0 saturated carbocycles. The molecule has 8 nitrogen and oxygen atoms in total. The third-order valence-corrected chi connectivity index (χ3v) is 4.88. The van der Waals surface area contributed by atoms with E-state index in [4.69, 9.17) is 21.1 Å². The van der Waals surface area contributed by atoms with E-state index in [0.29, 0.717) is 21.7 Å². The van der Waals surface area contributed by atoms with Gasteiger partial charge < -0.3 is 9.47 Å². The fourth-order valence-corrected chi connectivity index (χ4v) is 3.65. The lowest BCUT2D eigenvalue weighted by molar-refractivity contribution is -0.385. The Morgan fingerprint density at radius 2 is 2.07 bits per heavy atom. The molecule has 2 heterocycles. The zero-order valence-corrected chi connectivity index (χ0v) is 15.0. The highest BCUT2D eigenvalue weighted by Gasteiger charge is 2.22. The molecule has 0 bridgehead atoms. The molecule has 0 radical (unpaired) electrons. The number of carbonyl (C=O) groups excluding carboxylic acids is 1. The second-order valence-corrected chi connectivity index (χ2v) is 6.94. The smallest absolute Gasteiger partial charge is 0.280 e. The number of nitro benzene ring substituents is 1. The summed E-state index contributed by atoms with van der Waals surface area (Å²) in [4.78, 5) is 27.1. The molecule has 0 fully saturated rings. The van der Waals surface area contributed by atoms with Gasteiger partial charge in [0.05, 0.1) is 26.8 Å². The van der Waals surface area contributed by atoms with Crippen molar-refractivity contribution in [1.82, 2.24) is 4.98 Å². The largest absolute Gasteiger partial charge is 0.454 e. The minimum Gasteiger partial charge on any atom is -0.454 e. The van der Waals surface area contributed by atoms with E-state index in [1.54, 1.807) is 18.2 Å². The van der Waals surface area contributed by atoms with Gasteiger partial charge in [-0.1, -0.05) is 22.9 Å². The van der Waals surface area contributed by atoms with Crippen LogP contribution in [0.2, 0.25) is 5.02 Å². The molecule has 3 aromatic rings. The summed E-state index contributed by atoms with van der Waals surface area (Å²) in [5.74, 6) is 0.229. The Balaban J connectivity index is 1.55. The van der Waals surface area contributed by atoms with Gasteiger partial charge in [0.25, 0.3) is 5.69 Å². The Hall–Kier alpha value is -3.17. The minimum atomic E-state index is -0.545. The third-order valence-electron chi connectivity index (χ3n) is 3.71. The number of carbonyl (C=O) groups is 1. The summed E-state index contributed by atoms with van der Waals surface area (Å²) in [6.07, 6.45) is 2.54. The summed E-state index contributed by atoms with van der Waals surface area (Å²) < 4.78 is 11.2. The Morgan fingerprint density at radius 3 is 2.85 bits per heavy atom. The molecule has 1 N–H and O–H groups in total. The van der Waals surface area contributed by atoms with Crippen LogP contribution in [0.15, 0.2) is 36.4 Å². The lowest BCUT2D eigenvalue weighted by Crippen LogP contribution is -2.07. The number of anilines is 1. The monoisotopic (exact) mass is 403 g/mol. The third kappa shape index (κ3) is 3.55. The Kier molecular flexibility index (Phi) is 4.38. The molecule has 0 spiro atoms. The number of nitrogens with zero attached hydrogens (tertiary/aromatic N) is 2. The lowest BCUT2D eigenvalue weighted by atomic mass is 10.1. The number of halogens is 1. The van der Waals surface area contributed by atoms with Gasteiger partial charge >= 0.3 is 0 Å². The fourth-order valence-electron chi connectivity index (χ4n) is 2.50. The van der Waals surface area contributed by atoms with E-state index >= 15 is 0 Å². The van der Waals surface area contributed by atoms with Gasteiger partial charge in [-0.3, -0.25) is 20.2 Å². The van der Waals surface area contributed by atoms with Crippen molar-refractivity contribution in [2.75, 3.05) is 12.1 Å². The number of nitrogens with one attached hydrogen (secondary N) is 1. The minimum absolute atomic E-state index is 0.00175. The van der Waals surface area contributed by atoms with Crippen LogP contribution in [0.4, 0.5) is 10.8 Å². The summed E-state index contributed by atoms with van der Waals surface area (Å²) >= 11 is 7.22. The van der Waals surface area contributed by atoms with E-state index < -0.39 is 10.8 Å². The van der Waals surface area contributed by atoms with Gasteiger partial charge in [-0.05, 0) is 30.3 Å². The van der Waals surface area contributed by atoms with E-state index in [0.717, 1.165) is 10.2 Å². The molecule has 1 aliphatic heterocycles. The summed E-state index contributed by atoms with van der Waals surface area (Å²) in [5.41, 5.74) is 0.767. The highest BCUT2D eigenvalue weighted by atomic mass is 35.5. The molecule has 136 valence electrons. The van der Waals surface area contributed by atoms with Crippen LogP contribution in [0.25, 0.3) is 16.3 Å². The molecule has 0 aliphatic carbocycles. The summed E-state index contributed by atoms with van der Waals surface area (Å²) in [7, 11) is 0. The number of hydrogen-bond acceptors (Lipinski definition) is 7. The maximum absolute atomic E-state index is 12.2. The van der Waals surface area contributed by atoms with Crippen molar-refractivity contribution in [1.29, 1.82) is 0 Å². The van der Waals surface area contributed by atoms with Crippen molar-refractivity contribution < 1.29 is 19.2 Å². The standard InChI is InChI=1S/C17H10ClN3O5S/c18-10-2-3-11-15(6-10)27-17(19-11)20-16(22)4-1-9-5-13-14(26-8-25-13)7-12(9)21(23)24/h1-7H,8H2,(H,19,20,22)/b4-1+. The van der Waals surface area contributed by atoms with Crippen LogP contribution in [0.1, 0.15) is 5.56 Å². The number of fused-ring (bicyclic) bond motifs is 2. The number of amides is 1. The van der Waals surface area contributed by atoms with Crippen LogP contribution in [0.5, 0.6) is 11.5 Å². The molecule has 1 aliphatic rings. The van der Waals surface area contributed by atoms with E-state index in [1.165, 1.54) is 35.6 Å². The highest BCUT2D eigenvalue weighted by Crippen LogP contribution is 2.38. The van der Waals surface area contributed by atoms with E-state index in [2.05, 4.69) is 10.3 Å². The molecule has 0 unspecified atom stereocenters. The molecule has 4 rings (SSSR count). The summed E-state index contributed by atoms with van der Waals surface area (Å²) in [6.45, 7) is 0.00175. The molecule has 1 amide bonds. The first-order valence-electron chi connectivity index (χ1n) is 7.63. The second-order valence-electron chi connectivity index (χ2n) is 5.48. The van der Waals surface area contributed by atoms with Crippen LogP contribution in [0, 0.1) is 10.1 Å². The summed E-state index contributed by atoms with van der Waals surface area (Å²) in [5, 5.41) is 14.9. The lowest BCUT2D eigenvalue weighted by Gasteiger charge is -2.01. The average Bonchev–Trinajstić information content (AvgIpc) is 3.23. The number of rotatable bonds is 4. The Morgan fingerprint density at radius 1 is 1.30 bits per heavy atom. The van der Waals surface area contributed by atoms with Crippen molar-refractivity contribution in [2.45, 2.75) is 0 Å². The van der Waals surface area contributed by atoms with Crippen molar-refractivity contribution in [3.05, 3.63) is 57.1 Å². The maximum atomic E-state index is 12.2. The van der Waals surface area contributed by atoms with Gasteiger partial charge in [0, 0.05) is 11.1 Å². The number of hydrogen-bond donors (Lipinski definition) is 1. The van der Waals surface area contributed by atoms with Crippen molar-refractivity contribution in [3.8, 4) is 11.5 Å². The van der Waals surface area contributed by atoms with Crippen molar-refractivity contribution in [3.63, 3.8) is 0 Å². The van der Waals surface area contributed by atoms with Gasteiger partial charge in [-0.25, -0.2) is 4.98 Å². The number of benzene rings is 2. The average molecular weight is 404 g/mol. The molecule has 10 heteroatoms. The second kappa shape index (κ2) is 6.86. The zero-order chi connectivity index (χ0) is 19.0. The zero-order valence-electron chi connectivity index (χ0n) is 13.5. The molecular formula is C17H10ClN3O5S. The number of nitro groups is 1. The Labute approximate surface area is 161 Å². The van der Waals surface area contributed by atoms with Crippen molar-refractivity contribution in [2.24, 2.45) is 0 Å². The van der Waals surface area contributed by atoms with Crippen LogP contribution >= 0.6 is 22.9 Å². The topological polar surface area (TPSA) is 104 Å². The van der Waals surface area contributed by atoms with Gasteiger partial charge in [0.1, 0.15) is 0 Å². The maximum Gasteiger partial charge on any atom is 0.280 e.